The average molecular weight is 278 g/mol. The van der Waals surface area contributed by atoms with Gasteiger partial charge in [-0.2, -0.15) is 0 Å². The molecule has 0 aromatic heterocycles. The molecule has 0 aliphatic carbocycles. The standard InChI is InChI=1S/C16H26N2O2/c1-12-9-18(16(2,3)11-17-12)10-13-6-7-14(19-4)15(8-13)20-5/h6-8,12,17H,9-11H2,1-5H3. The van der Waals surface area contributed by atoms with E-state index in [1.165, 1.54) is 5.56 Å². The fraction of sp³-hybridized carbons (Fsp3) is 0.625. The second-order valence-electron chi connectivity index (χ2n) is 6.16. The van der Waals surface area contributed by atoms with Crippen LogP contribution < -0.4 is 14.8 Å². The van der Waals surface area contributed by atoms with E-state index < -0.39 is 0 Å². The molecular formula is C16H26N2O2. The predicted octanol–water partition coefficient (Wildman–Crippen LogP) is 2.28. The number of hydrogen-bond acceptors (Lipinski definition) is 4. The molecule has 1 N–H and O–H groups in total. The summed E-state index contributed by atoms with van der Waals surface area (Å²) in [5, 5.41) is 3.54. The van der Waals surface area contributed by atoms with Crippen molar-refractivity contribution in [1.82, 2.24) is 10.2 Å². The van der Waals surface area contributed by atoms with Gasteiger partial charge in [0.1, 0.15) is 0 Å². The summed E-state index contributed by atoms with van der Waals surface area (Å²) in [6, 6.07) is 6.70. The fourth-order valence-corrected chi connectivity index (χ4v) is 2.66. The molecule has 0 saturated carbocycles. The third kappa shape index (κ3) is 3.25. The first-order valence-electron chi connectivity index (χ1n) is 7.15. The molecule has 1 atom stereocenters. The van der Waals surface area contributed by atoms with Crippen molar-refractivity contribution in [3.63, 3.8) is 0 Å². The van der Waals surface area contributed by atoms with E-state index in [1.807, 2.05) is 6.07 Å². The normalized spacial score (nSPS) is 22.6. The number of ether oxygens (including phenoxy) is 2. The van der Waals surface area contributed by atoms with Crippen molar-refractivity contribution in [2.75, 3.05) is 27.3 Å². The molecule has 1 unspecified atom stereocenters. The lowest BCUT2D eigenvalue weighted by atomic mass is 9.97. The largest absolute Gasteiger partial charge is 0.493 e. The minimum atomic E-state index is 0.166. The summed E-state index contributed by atoms with van der Waals surface area (Å²) in [7, 11) is 3.34. The fourth-order valence-electron chi connectivity index (χ4n) is 2.66. The Kier molecular flexibility index (Phi) is 4.55. The van der Waals surface area contributed by atoms with E-state index in [0.717, 1.165) is 31.1 Å². The highest BCUT2D eigenvalue weighted by molar-refractivity contribution is 5.42. The Morgan fingerprint density at radius 1 is 1.25 bits per heavy atom. The zero-order valence-corrected chi connectivity index (χ0v) is 13.2. The molecule has 1 aliphatic heterocycles. The van der Waals surface area contributed by atoms with Gasteiger partial charge in [0, 0.05) is 31.2 Å². The van der Waals surface area contributed by atoms with Gasteiger partial charge in [-0.25, -0.2) is 0 Å². The molecule has 1 saturated heterocycles. The Labute approximate surface area is 122 Å². The van der Waals surface area contributed by atoms with Crippen LogP contribution in [0.1, 0.15) is 26.3 Å². The summed E-state index contributed by atoms with van der Waals surface area (Å²) in [6.07, 6.45) is 0. The number of rotatable bonds is 4. The second-order valence-corrected chi connectivity index (χ2v) is 6.16. The maximum atomic E-state index is 5.38. The first-order chi connectivity index (χ1) is 9.46. The van der Waals surface area contributed by atoms with Crippen LogP contribution in [0.2, 0.25) is 0 Å². The topological polar surface area (TPSA) is 33.7 Å². The first-order valence-corrected chi connectivity index (χ1v) is 7.15. The molecule has 112 valence electrons. The van der Waals surface area contributed by atoms with E-state index in [0.29, 0.717) is 6.04 Å². The summed E-state index contributed by atoms with van der Waals surface area (Å²) < 4.78 is 10.7. The molecule has 20 heavy (non-hydrogen) atoms. The SMILES string of the molecule is COc1ccc(CN2CC(C)NCC2(C)C)cc1OC. The van der Waals surface area contributed by atoms with E-state index in [1.54, 1.807) is 14.2 Å². The van der Waals surface area contributed by atoms with Gasteiger partial charge in [0.25, 0.3) is 0 Å². The van der Waals surface area contributed by atoms with Crippen molar-refractivity contribution in [2.45, 2.75) is 38.9 Å². The molecule has 2 rings (SSSR count). The van der Waals surface area contributed by atoms with Gasteiger partial charge in [0.2, 0.25) is 0 Å². The van der Waals surface area contributed by atoms with Gasteiger partial charge in [-0.3, -0.25) is 4.90 Å². The molecule has 1 fully saturated rings. The van der Waals surface area contributed by atoms with Crippen molar-refractivity contribution in [1.29, 1.82) is 0 Å². The lowest BCUT2D eigenvalue weighted by Gasteiger charge is -2.45. The van der Waals surface area contributed by atoms with Crippen LogP contribution in [-0.2, 0) is 6.54 Å². The average Bonchev–Trinajstić information content (AvgIpc) is 2.43. The molecule has 4 nitrogen and oxygen atoms in total. The predicted molar refractivity (Wildman–Crippen MR) is 81.5 cm³/mol. The molecule has 0 amide bonds. The Balaban J connectivity index is 2.16. The molecule has 1 aromatic carbocycles. The maximum Gasteiger partial charge on any atom is 0.161 e. The first kappa shape index (κ1) is 15.1. The van der Waals surface area contributed by atoms with Crippen molar-refractivity contribution >= 4 is 0 Å². The number of methoxy groups -OCH3 is 2. The van der Waals surface area contributed by atoms with Gasteiger partial charge in [-0.05, 0) is 38.5 Å². The van der Waals surface area contributed by atoms with Crippen LogP contribution >= 0.6 is 0 Å². The number of benzene rings is 1. The second kappa shape index (κ2) is 6.02. The Bertz CT molecular complexity index is 460. The molecule has 1 aromatic rings. The van der Waals surface area contributed by atoms with Crippen molar-refractivity contribution < 1.29 is 9.47 Å². The highest BCUT2D eigenvalue weighted by atomic mass is 16.5. The van der Waals surface area contributed by atoms with Crippen LogP contribution in [0.5, 0.6) is 11.5 Å². The van der Waals surface area contributed by atoms with Crippen LogP contribution in [0.15, 0.2) is 18.2 Å². The van der Waals surface area contributed by atoms with Crippen LogP contribution in [-0.4, -0.2) is 43.8 Å². The molecule has 0 radical (unpaired) electrons. The van der Waals surface area contributed by atoms with Crippen LogP contribution in [0, 0.1) is 0 Å². The number of nitrogens with zero attached hydrogens (tertiary/aromatic N) is 1. The van der Waals surface area contributed by atoms with Crippen LogP contribution in [0.25, 0.3) is 0 Å². The molecule has 0 spiro atoms. The zero-order chi connectivity index (χ0) is 14.8. The minimum Gasteiger partial charge on any atom is -0.493 e. The summed E-state index contributed by atoms with van der Waals surface area (Å²) in [6.45, 7) is 9.80. The maximum absolute atomic E-state index is 5.38. The van der Waals surface area contributed by atoms with Gasteiger partial charge < -0.3 is 14.8 Å². The monoisotopic (exact) mass is 278 g/mol. The van der Waals surface area contributed by atoms with Crippen LogP contribution in [0.3, 0.4) is 0 Å². The van der Waals surface area contributed by atoms with E-state index in [4.69, 9.17) is 9.47 Å². The van der Waals surface area contributed by atoms with Crippen molar-refractivity contribution in [3.05, 3.63) is 23.8 Å². The number of hydrogen-bond donors (Lipinski definition) is 1. The number of piperazine rings is 1. The minimum absolute atomic E-state index is 0.166. The van der Waals surface area contributed by atoms with Gasteiger partial charge in [-0.1, -0.05) is 6.07 Å². The summed E-state index contributed by atoms with van der Waals surface area (Å²) in [4.78, 5) is 2.52. The number of nitrogens with one attached hydrogen (secondary N) is 1. The summed E-state index contributed by atoms with van der Waals surface area (Å²) in [5.74, 6) is 1.58. The van der Waals surface area contributed by atoms with E-state index >= 15 is 0 Å². The molecule has 1 aliphatic rings. The molecule has 4 heteroatoms. The highest BCUT2D eigenvalue weighted by Gasteiger charge is 2.32. The third-order valence-corrected chi connectivity index (χ3v) is 4.05. The van der Waals surface area contributed by atoms with Crippen molar-refractivity contribution in [3.8, 4) is 11.5 Å². The lowest BCUT2D eigenvalue weighted by Crippen LogP contribution is -2.60. The molecule has 1 heterocycles. The van der Waals surface area contributed by atoms with Crippen molar-refractivity contribution in [2.24, 2.45) is 0 Å². The third-order valence-electron chi connectivity index (χ3n) is 4.05. The van der Waals surface area contributed by atoms with E-state index in [2.05, 4.69) is 43.1 Å². The Hall–Kier alpha value is -1.26. The molecular weight excluding hydrogens is 252 g/mol. The van der Waals surface area contributed by atoms with Gasteiger partial charge >= 0.3 is 0 Å². The van der Waals surface area contributed by atoms with Gasteiger partial charge in [-0.15, -0.1) is 0 Å². The van der Waals surface area contributed by atoms with Gasteiger partial charge in [0.05, 0.1) is 14.2 Å². The van der Waals surface area contributed by atoms with E-state index in [-0.39, 0.29) is 5.54 Å². The summed E-state index contributed by atoms with van der Waals surface area (Å²) >= 11 is 0. The summed E-state index contributed by atoms with van der Waals surface area (Å²) in [5.41, 5.74) is 1.42. The highest BCUT2D eigenvalue weighted by Crippen LogP contribution is 2.29. The Morgan fingerprint density at radius 3 is 2.60 bits per heavy atom. The quantitative estimate of drug-likeness (QED) is 0.916. The van der Waals surface area contributed by atoms with Gasteiger partial charge in [0.15, 0.2) is 11.5 Å². The zero-order valence-electron chi connectivity index (χ0n) is 13.2. The smallest absolute Gasteiger partial charge is 0.161 e. The van der Waals surface area contributed by atoms with Crippen LogP contribution in [0.4, 0.5) is 0 Å². The van der Waals surface area contributed by atoms with E-state index in [9.17, 15) is 0 Å². The molecule has 0 bridgehead atoms. The Morgan fingerprint density at radius 2 is 1.95 bits per heavy atom. The lowest BCUT2D eigenvalue weighted by molar-refractivity contribution is 0.0626.